The molecule has 0 amide bonds. The van der Waals surface area contributed by atoms with Crippen molar-refractivity contribution in [3.63, 3.8) is 0 Å². The van der Waals surface area contributed by atoms with Gasteiger partial charge in [0.1, 0.15) is 6.10 Å². The standard InChI is InChI=1S/C17H16ClNO2/c18-14-6-2-1-4-12(14)17-19-10-13-11-5-3-9-20-15(11)7-8-16(13)21-17/h1-6,9-10,15-17,19H,7-8H2. The van der Waals surface area contributed by atoms with E-state index in [4.69, 9.17) is 21.1 Å². The summed E-state index contributed by atoms with van der Waals surface area (Å²) in [5.41, 5.74) is 3.39. The van der Waals surface area contributed by atoms with Gasteiger partial charge in [-0.2, -0.15) is 0 Å². The second-order valence-electron chi connectivity index (χ2n) is 5.45. The predicted molar refractivity (Wildman–Crippen MR) is 81.6 cm³/mol. The van der Waals surface area contributed by atoms with Crippen LogP contribution in [0, 0.1) is 0 Å². The highest BCUT2D eigenvalue weighted by Crippen LogP contribution is 2.39. The van der Waals surface area contributed by atoms with Gasteiger partial charge < -0.3 is 14.8 Å². The van der Waals surface area contributed by atoms with Crippen molar-refractivity contribution in [2.75, 3.05) is 0 Å². The predicted octanol–water partition coefficient (Wildman–Crippen LogP) is 3.84. The minimum absolute atomic E-state index is 0.102. The largest absolute Gasteiger partial charge is 0.493 e. The molecule has 4 rings (SSSR count). The molecule has 3 unspecified atom stereocenters. The van der Waals surface area contributed by atoms with Crippen LogP contribution in [-0.4, -0.2) is 12.2 Å². The molecule has 1 saturated carbocycles. The zero-order valence-corrected chi connectivity index (χ0v) is 12.2. The van der Waals surface area contributed by atoms with E-state index in [-0.39, 0.29) is 18.4 Å². The number of halogens is 1. The molecule has 2 heterocycles. The number of hydrogen-bond donors (Lipinski definition) is 1. The Balaban J connectivity index is 1.63. The van der Waals surface area contributed by atoms with Gasteiger partial charge in [0.15, 0.2) is 6.23 Å². The van der Waals surface area contributed by atoms with Crippen LogP contribution in [0.15, 0.2) is 60.0 Å². The first kappa shape index (κ1) is 13.0. The van der Waals surface area contributed by atoms with Gasteiger partial charge in [-0.15, -0.1) is 0 Å². The first-order valence-corrected chi connectivity index (χ1v) is 7.59. The van der Waals surface area contributed by atoms with Gasteiger partial charge in [0.05, 0.1) is 12.4 Å². The van der Waals surface area contributed by atoms with Crippen LogP contribution in [0.1, 0.15) is 24.6 Å². The van der Waals surface area contributed by atoms with Crippen molar-refractivity contribution in [3.05, 3.63) is 70.6 Å². The maximum absolute atomic E-state index is 6.26. The van der Waals surface area contributed by atoms with E-state index in [0.29, 0.717) is 0 Å². The molecule has 2 aliphatic heterocycles. The Labute approximate surface area is 128 Å². The number of ether oxygens (including phenoxy) is 2. The van der Waals surface area contributed by atoms with Gasteiger partial charge in [0.25, 0.3) is 0 Å². The van der Waals surface area contributed by atoms with Crippen LogP contribution in [0.5, 0.6) is 0 Å². The van der Waals surface area contributed by atoms with E-state index in [1.807, 2.05) is 30.3 Å². The van der Waals surface area contributed by atoms with Crippen molar-refractivity contribution in [3.8, 4) is 0 Å². The molecule has 3 atom stereocenters. The van der Waals surface area contributed by atoms with Crippen LogP contribution in [-0.2, 0) is 9.47 Å². The molecular weight excluding hydrogens is 286 g/mol. The maximum atomic E-state index is 6.26. The Hall–Kier alpha value is -1.71. The molecule has 108 valence electrons. The first-order chi connectivity index (χ1) is 10.3. The van der Waals surface area contributed by atoms with E-state index < -0.39 is 0 Å². The lowest BCUT2D eigenvalue weighted by atomic mass is 9.83. The lowest BCUT2D eigenvalue weighted by Gasteiger charge is -2.39. The van der Waals surface area contributed by atoms with E-state index in [1.165, 1.54) is 11.1 Å². The number of allylic oxidation sites excluding steroid dienone is 2. The van der Waals surface area contributed by atoms with Gasteiger partial charge in [0.2, 0.25) is 0 Å². The minimum Gasteiger partial charge on any atom is -0.493 e. The normalized spacial score (nSPS) is 30.2. The summed E-state index contributed by atoms with van der Waals surface area (Å²) in [6, 6.07) is 7.79. The molecule has 1 fully saturated rings. The summed E-state index contributed by atoms with van der Waals surface area (Å²) < 4.78 is 11.9. The number of rotatable bonds is 1. The smallest absolute Gasteiger partial charge is 0.155 e. The Morgan fingerprint density at radius 3 is 2.86 bits per heavy atom. The highest BCUT2D eigenvalue weighted by Gasteiger charge is 2.36. The van der Waals surface area contributed by atoms with Crippen molar-refractivity contribution in [2.45, 2.75) is 31.3 Å². The fourth-order valence-electron chi connectivity index (χ4n) is 3.15. The van der Waals surface area contributed by atoms with Crippen LogP contribution < -0.4 is 5.32 Å². The molecule has 1 N–H and O–H groups in total. The van der Waals surface area contributed by atoms with Crippen molar-refractivity contribution < 1.29 is 9.47 Å². The lowest BCUT2D eigenvalue weighted by molar-refractivity contribution is -0.0343. The van der Waals surface area contributed by atoms with Gasteiger partial charge >= 0.3 is 0 Å². The first-order valence-electron chi connectivity index (χ1n) is 7.21. The maximum Gasteiger partial charge on any atom is 0.155 e. The Morgan fingerprint density at radius 1 is 1.10 bits per heavy atom. The summed E-state index contributed by atoms with van der Waals surface area (Å²) in [5, 5.41) is 4.04. The molecule has 4 heteroatoms. The number of hydrogen-bond acceptors (Lipinski definition) is 3. The minimum atomic E-state index is -0.190. The zero-order chi connectivity index (χ0) is 14.2. The quantitative estimate of drug-likeness (QED) is 0.855. The van der Waals surface area contributed by atoms with Gasteiger partial charge in [-0.05, 0) is 30.6 Å². The third kappa shape index (κ3) is 2.27. The summed E-state index contributed by atoms with van der Waals surface area (Å²) in [5.74, 6) is 0. The van der Waals surface area contributed by atoms with E-state index in [2.05, 4.69) is 17.6 Å². The van der Waals surface area contributed by atoms with Crippen molar-refractivity contribution in [1.82, 2.24) is 5.32 Å². The van der Waals surface area contributed by atoms with Gasteiger partial charge in [-0.3, -0.25) is 0 Å². The second-order valence-corrected chi connectivity index (χ2v) is 5.85. The average molecular weight is 302 g/mol. The number of nitrogens with one attached hydrogen (secondary N) is 1. The fraction of sp³-hybridized carbons (Fsp3) is 0.294. The molecule has 3 aliphatic rings. The molecule has 3 nitrogen and oxygen atoms in total. The Bertz CT molecular complexity index is 650. The van der Waals surface area contributed by atoms with Crippen LogP contribution in [0.2, 0.25) is 5.02 Å². The average Bonchev–Trinajstić information content (AvgIpc) is 2.54. The van der Waals surface area contributed by atoms with Crippen LogP contribution in [0.3, 0.4) is 0 Å². The molecule has 21 heavy (non-hydrogen) atoms. The summed E-state index contributed by atoms with van der Waals surface area (Å²) in [4.78, 5) is 0. The van der Waals surface area contributed by atoms with E-state index >= 15 is 0 Å². The van der Waals surface area contributed by atoms with Crippen molar-refractivity contribution >= 4 is 11.6 Å². The van der Waals surface area contributed by atoms with Crippen molar-refractivity contribution in [1.29, 1.82) is 0 Å². The van der Waals surface area contributed by atoms with Gasteiger partial charge in [0, 0.05) is 22.4 Å². The topological polar surface area (TPSA) is 30.5 Å². The number of fused-ring (bicyclic) bond motifs is 3. The molecule has 0 spiro atoms. The van der Waals surface area contributed by atoms with Crippen LogP contribution in [0.25, 0.3) is 0 Å². The molecule has 0 bridgehead atoms. The zero-order valence-electron chi connectivity index (χ0n) is 11.5. The second kappa shape index (κ2) is 5.24. The van der Waals surface area contributed by atoms with Gasteiger partial charge in [-0.25, -0.2) is 0 Å². The van der Waals surface area contributed by atoms with Crippen LogP contribution >= 0.6 is 11.6 Å². The monoisotopic (exact) mass is 301 g/mol. The fourth-order valence-corrected chi connectivity index (χ4v) is 3.39. The third-order valence-electron chi connectivity index (χ3n) is 4.19. The molecule has 1 aromatic rings. The molecule has 1 aromatic carbocycles. The summed E-state index contributed by atoms with van der Waals surface area (Å²) >= 11 is 6.26. The summed E-state index contributed by atoms with van der Waals surface area (Å²) in [6.45, 7) is 0. The summed E-state index contributed by atoms with van der Waals surface area (Å²) in [6.07, 6.45) is 9.90. The van der Waals surface area contributed by atoms with Crippen molar-refractivity contribution in [2.24, 2.45) is 0 Å². The van der Waals surface area contributed by atoms with Gasteiger partial charge in [-0.1, -0.05) is 35.9 Å². The molecule has 0 radical (unpaired) electrons. The highest BCUT2D eigenvalue weighted by molar-refractivity contribution is 6.31. The SMILES string of the molecule is Clc1ccccc1C1NC=C2C3=CC=COC3CCC2O1. The van der Waals surface area contributed by atoms with E-state index in [9.17, 15) is 0 Å². The number of benzene rings is 1. The molecule has 0 aromatic heterocycles. The Kier molecular flexibility index (Phi) is 3.24. The van der Waals surface area contributed by atoms with E-state index in [0.717, 1.165) is 23.4 Å². The van der Waals surface area contributed by atoms with E-state index in [1.54, 1.807) is 6.26 Å². The Morgan fingerprint density at radius 2 is 1.95 bits per heavy atom. The molecule has 1 aliphatic carbocycles. The molecular formula is C17H16ClNO2. The lowest BCUT2D eigenvalue weighted by Crippen LogP contribution is -2.39. The third-order valence-corrected chi connectivity index (χ3v) is 4.54. The highest BCUT2D eigenvalue weighted by atomic mass is 35.5. The van der Waals surface area contributed by atoms with Crippen LogP contribution in [0.4, 0.5) is 0 Å². The molecule has 0 saturated heterocycles. The summed E-state index contributed by atoms with van der Waals surface area (Å²) in [7, 11) is 0.